The van der Waals surface area contributed by atoms with Gasteiger partial charge in [-0.1, -0.05) is 22.0 Å². The minimum Gasteiger partial charge on any atom is -0.369 e. The van der Waals surface area contributed by atoms with E-state index >= 15 is 0 Å². The van der Waals surface area contributed by atoms with Crippen LogP contribution in [0, 0.1) is 0 Å². The number of nitrogens with two attached hydrogens (primary N) is 1. The zero-order valence-electron chi connectivity index (χ0n) is 10.5. The number of anilines is 1. The molecule has 0 radical (unpaired) electrons. The van der Waals surface area contributed by atoms with Crippen molar-refractivity contribution in [1.29, 1.82) is 0 Å². The third-order valence-corrected chi connectivity index (χ3v) is 4.13. The summed E-state index contributed by atoms with van der Waals surface area (Å²) in [5.74, 6) is 0.526. The fourth-order valence-corrected chi connectivity index (χ4v) is 2.87. The summed E-state index contributed by atoms with van der Waals surface area (Å²) in [6, 6.07) is 12.0. The van der Waals surface area contributed by atoms with Gasteiger partial charge in [0.15, 0.2) is 5.96 Å². The fourth-order valence-electron chi connectivity index (χ4n) is 2.25. The van der Waals surface area contributed by atoms with Crippen LogP contribution < -0.4 is 10.6 Å². The zero-order valence-corrected chi connectivity index (χ0v) is 13.7. The largest absolute Gasteiger partial charge is 0.369 e. The molecule has 0 amide bonds. The van der Waals surface area contributed by atoms with Gasteiger partial charge in [0.05, 0.1) is 18.3 Å². The van der Waals surface area contributed by atoms with Crippen LogP contribution in [0.2, 0.25) is 0 Å². The highest BCUT2D eigenvalue weighted by Gasteiger charge is 2.29. The zero-order chi connectivity index (χ0) is 14.1. The van der Waals surface area contributed by atoms with E-state index in [1.807, 2.05) is 41.3 Å². The summed E-state index contributed by atoms with van der Waals surface area (Å²) >= 11 is 6.89. The molecule has 4 nitrogen and oxygen atoms in total. The molecule has 1 atom stereocenters. The van der Waals surface area contributed by atoms with Crippen molar-refractivity contribution in [1.82, 2.24) is 4.98 Å². The second kappa shape index (κ2) is 5.54. The van der Waals surface area contributed by atoms with Crippen molar-refractivity contribution in [2.45, 2.75) is 6.04 Å². The maximum absolute atomic E-state index is 6.04. The predicted octanol–water partition coefficient (Wildman–Crippen LogP) is 3.48. The number of pyridine rings is 1. The van der Waals surface area contributed by atoms with Gasteiger partial charge in [0.25, 0.3) is 0 Å². The minimum atomic E-state index is 0.0393. The van der Waals surface area contributed by atoms with Crippen molar-refractivity contribution in [2.75, 3.05) is 11.4 Å². The van der Waals surface area contributed by atoms with Gasteiger partial charge < -0.3 is 10.6 Å². The summed E-state index contributed by atoms with van der Waals surface area (Å²) in [6.07, 6.45) is 1.79. The molecule has 0 fully saturated rings. The molecule has 0 bridgehead atoms. The Kier molecular flexibility index (Phi) is 3.76. The summed E-state index contributed by atoms with van der Waals surface area (Å²) in [5, 5.41) is 0. The van der Waals surface area contributed by atoms with Gasteiger partial charge in [-0.05, 0) is 46.3 Å². The Labute approximate surface area is 134 Å². The number of nitrogens with zero attached hydrogens (tertiary/aromatic N) is 3. The van der Waals surface area contributed by atoms with Crippen molar-refractivity contribution in [2.24, 2.45) is 10.7 Å². The second-order valence-electron chi connectivity index (χ2n) is 4.47. The predicted molar refractivity (Wildman–Crippen MR) is 87.8 cm³/mol. The summed E-state index contributed by atoms with van der Waals surface area (Å²) in [7, 11) is 0. The number of aliphatic imine (C=N–C) groups is 1. The molecule has 6 heteroatoms. The first-order valence-electron chi connectivity index (χ1n) is 6.11. The number of hydrogen-bond acceptors (Lipinski definition) is 4. The van der Waals surface area contributed by atoms with Crippen molar-refractivity contribution < 1.29 is 0 Å². The molecule has 102 valence electrons. The van der Waals surface area contributed by atoms with Crippen LogP contribution in [-0.4, -0.2) is 17.5 Å². The van der Waals surface area contributed by atoms with Crippen LogP contribution in [-0.2, 0) is 0 Å². The van der Waals surface area contributed by atoms with Gasteiger partial charge in [-0.2, -0.15) is 0 Å². The molecule has 1 aromatic carbocycles. The SMILES string of the molecule is NC1=NCC(c2ccc(Br)cn2)N1c1cccc(Br)c1. The molecule has 2 heterocycles. The number of halogens is 2. The number of benzene rings is 1. The van der Waals surface area contributed by atoms with E-state index in [9.17, 15) is 0 Å². The minimum absolute atomic E-state index is 0.0393. The topological polar surface area (TPSA) is 54.5 Å². The average Bonchev–Trinajstić information content (AvgIpc) is 2.81. The maximum Gasteiger partial charge on any atom is 0.196 e. The Balaban J connectivity index is 1.98. The van der Waals surface area contributed by atoms with Crippen LogP contribution in [0.1, 0.15) is 11.7 Å². The lowest BCUT2D eigenvalue weighted by atomic mass is 10.1. The van der Waals surface area contributed by atoms with Crippen LogP contribution in [0.3, 0.4) is 0 Å². The van der Waals surface area contributed by atoms with Crippen LogP contribution >= 0.6 is 31.9 Å². The van der Waals surface area contributed by atoms with Crippen molar-refractivity contribution in [3.05, 3.63) is 57.2 Å². The Hall–Kier alpha value is -1.40. The van der Waals surface area contributed by atoms with Crippen molar-refractivity contribution in [3.63, 3.8) is 0 Å². The molecule has 3 rings (SSSR count). The molecule has 1 aromatic heterocycles. The van der Waals surface area contributed by atoms with Gasteiger partial charge in [0.2, 0.25) is 0 Å². The van der Waals surface area contributed by atoms with Crippen LogP contribution in [0.25, 0.3) is 0 Å². The Morgan fingerprint density at radius 2 is 2.00 bits per heavy atom. The van der Waals surface area contributed by atoms with E-state index in [1.165, 1.54) is 0 Å². The van der Waals surface area contributed by atoms with Gasteiger partial charge in [0.1, 0.15) is 0 Å². The first-order chi connectivity index (χ1) is 9.65. The van der Waals surface area contributed by atoms with Gasteiger partial charge in [-0.3, -0.25) is 9.98 Å². The second-order valence-corrected chi connectivity index (χ2v) is 6.30. The molecule has 2 aromatic rings. The number of hydrogen-bond donors (Lipinski definition) is 1. The number of aromatic nitrogens is 1. The highest BCUT2D eigenvalue weighted by Crippen LogP contribution is 2.31. The van der Waals surface area contributed by atoms with E-state index < -0.39 is 0 Å². The van der Waals surface area contributed by atoms with Gasteiger partial charge in [-0.15, -0.1) is 0 Å². The fraction of sp³-hybridized carbons (Fsp3) is 0.143. The average molecular weight is 396 g/mol. The van der Waals surface area contributed by atoms with Gasteiger partial charge in [0, 0.05) is 20.8 Å². The lowest BCUT2D eigenvalue weighted by Gasteiger charge is -2.26. The first kappa shape index (κ1) is 13.6. The quantitative estimate of drug-likeness (QED) is 0.846. The lowest BCUT2D eigenvalue weighted by molar-refractivity contribution is 0.739. The third kappa shape index (κ3) is 2.58. The summed E-state index contributed by atoms with van der Waals surface area (Å²) in [5.41, 5.74) is 8.01. The standard InChI is InChI=1S/C14H12Br2N4/c15-9-2-1-3-11(6-9)20-13(8-19-14(20)17)12-5-4-10(16)7-18-12/h1-7,13H,8H2,(H2,17,19). The van der Waals surface area contributed by atoms with E-state index in [0.717, 1.165) is 20.3 Å². The van der Waals surface area contributed by atoms with Crippen molar-refractivity contribution >= 4 is 43.5 Å². The molecular formula is C14H12Br2N4. The van der Waals surface area contributed by atoms with E-state index in [-0.39, 0.29) is 6.04 Å². The first-order valence-corrected chi connectivity index (χ1v) is 7.70. The lowest BCUT2D eigenvalue weighted by Crippen LogP contribution is -2.36. The van der Waals surface area contributed by atoms with E-state index in [1.54, 1.807) is 6.20 Å². The Bertz CT molecular complexity index is 654. The highest BCUT2D eigenvalue weighted by molar-refractivity contribution is 9.10. The Morgan fingerprint density at radius 3 is 2.70 bits per heavy atom. The molecule has 1 aliphatic rings. The maximum atomic E-state index is 6.04. The molecule has 0 aliphatic carbocycles. The van der Waals surface area contributed by atoms with Crippen LogP contribution in [0.4, 0.5) is 5.69 Å². The van der Waals surface area contributed by atoms with E-state index in [0.29, 0.717) is 12.5 Å². The third-order valence-electron chi connectivity index (χ3n) is 3.16. The number of rotatable bonds is 2. The molecule has 1 unspecified atom stereocenters. The normalized spacial score (nSPS) is 18.2. The Morgan fingerprint density at radius 1 is 1.15 bits per heavy atom. The molecule has 2 N–H and O–H groups in total. The van der Waals surface area contributed by atoms with Gasteiger partial charge >= 0.3 is 0 Å². The molecular weight excluding hydrogens is 384 g/mol. The summed E-state index contributed by atoms with van der Waals surface area (Å²) in [6.45, 7) is 0.618. The molecule has 1 aliphatic heterocycles. The van der Waals surface area contributed by atoms with Crippen molar-refractivity contribution in [3.8, 4) is 0 Å². The van der Waals surface area contributed by atoms with E-state index in [2.05, 4.69) is 41.8 Å². The smallest absolute Gasteiger partial charge is 0.196 e. The van der Waals surface area contributed by atoms with Crippen LogP contribution in [0.5, 0.6) is 0 Å². The summed E-state index contributed by atoms with van der Waals surface area (Å²) in [4.78, 5) is 10.8. The van der Waals surface area contributed by atoms with Crippen LogP contribution in [0.15, 0.2) is 56.5 Å². The molecule has 0 saturated heterocycles. The number of guanidine groups is 1. The molecule has 20 heavy (non-hydrogen) atoms. The molecule has 0 saturated carbocycles. The molecule has 0 spiro atoms. The summed E-state index contributed by atoms with van der Waals surface area (Å²) < 4.78 is 1.97. The highest BCUT2D eigenvalue weighted by atomic mass is 79.9. The van der Waals surface area contributed by atoms with Gasteiger partial charge in [-0.25, -0.2) is 0 Å². The monoisotopic (exact) mass is 394 g/mol. The van der Waals surface area contributed by atoms with E-state index in [4.69, 9.17) is 5.73 Å².